The Morgan fingerprint density at radius 1 is 1.48 bits per heavy atom. The third-order valence-corrected chi connectivity index (χ3v) is 4.49. The smallest absolute Gasteiger partial charge is 0.244 e. The maximum atomic E-state index is 12.4. The summed E-state index contributed by atoms with van der Waals surface area (Å²) >= 11 is 0. The fourth-order valence-electron chi connectivity index (χ4n) is 1.89. The van der Waals surface area contributed by atoms with E-state index in [0.29, 0.717) is 18.8 Å². The van der Waals surface area contributed by atoms with Crippen LogP contribution in [0.2, 0.25) is 0 Å². The van der Waals surface area contributed by atoms with Crippen molar-refractivity contribution in [3.63, 3.8) is 0 Å². The molecule has 3 N–H and O–H groups in total. The Labute approximate surface area is 124 Å². The average Bonchev–Trinajstić information content (AvgIpc) is 3.13. The normalized spacial score (nSPS) is 13.4. The zero-order valence-corrected chi connectivity index (χ0v) is 12.9. The highest BCUT2D eigenvalue weighted by atomic mass is 32.2. The summed E-state index contributed by atoms with van der Waals surface area (Å²) in [5, 5.41) is 7.04. The quantitative estimate of drug-likeness (QED) is 0.648. The van der Waals surface area contributed by atoms with Crippen molar-refractivity contribution < 1.29 is 8.42 Å². The molecular weight excluding hydrogens is 292 g/mol. The summed E-state index contributed by atoms with van der Waals surface area (Å²) in [5.41, 5.74) is 0. The zero-order valence-electron chi connectivity index (χ0n) is 12.1. The van der Waals surface area contributed by atoms with Crippen LogP contribution in [0.3, 0.4) is 0 Å². The largest absolute Gasteiger partial charge is 0.347 e. The van der Waals surface area contributed by atoms with Crippen LogP contribution in [0.25, 0.3) is 0 Å². The van der Waals surface area contributed by atoms with E-state index in [9.17, 15) is 8.42 Å². The van der Waals surface area contributed by atoms with Crippen LogP contribution in [-0.4, -0.2) is 41.8 Å². The van der Waals surface area contributed by atoms with Crippen LogP contribution in [-0.2, 0) is 16.6 Å². The Balaban J connectivity index is 2.12. The first kappa shape index (κ1) is 15.7. The van der Waals surface area contributed by atoms with Gasteiger partial charge in [0.05, 0.1) is 18.8 Å². The molecule has 2 aromatic rings. The van der Waals surface area contributed by atoms with Gasteiger partial charge in [0, 0.05) is 25.1 Å². The molecule has 0 aliphatic carbocycles. The third-order valence-electron chi connectivity index (χ3n) is 3.07. The van der Waals surface area contributed by atoms with Gasteiger partial charge in [-0.25, -0.2) is 18.1 Å². The molecule has 116 valence electrons. The summed E-state index contributed by atoms with van der Waals surface area (Å²) in [6.07, 6.45) is 6.74. The molecule has 0 fully saturated rings. The first-order valence-electron chi connectivity index (χ1n) is 6.75. The lowest BCUT2D eigenvalue weighted by molar-refractivity contribution is 0.538. The number of likely N-dealkylation sites (N-methyl/N-ethyl adjacent to an activating group) is 1. The molecule has 0 aliphatic rings. The average molecular weight is 312 g/mol. The van der Waals surface area contributed by atoms with Gasteiger partial charge in [-0.15, -0.1) is 0 Å². The first-order valence-corrected chi connectivity index (χ1v) is 8.23. The lowest BCUT2D eigenvalue weighted by Gasteiger charge is -2.13. The van der Waals surface area contributed by atoms with Gasteiger partial charge in [0.2, 0.25) is 10.0 Å². The fourth-order valence-corrected chi connectivity index (χ4v) is 3.12. The number of nitrogens with zero attached hydrogens (tertiary/aromatic N) is 3. The minimum Gasteiger partial charge on any atom is -0.347 e. The second kappa shape index (κ2) is 6.83. The number of aromatic amines is 1. The minimum absolute atomic E-state index is 0.156. The summed E-state index contributed by atoms with van der Waals surface area (Å²) in [4.78, 5) is 7.18. The highest BCUT2D eigenvalue weighted by Gasteiger charge is 2.23. The van der Waals surface area contributed by atoms with Crippen molar-refractivity contribution in [2.24, 2.45) is 0 Å². The molecule has 2 heterocycles. The van der Waals surface area contributed by atoms with E-state index < -0.39 is 10.0 Å². The van der Waals surface area contributed by atoms with Gasteiger partial charge in [0.25, 0.3) is 0 Å². The summed E-state index contributed by atoms with van der Waals surface area (Å²) in [6.45, 7) is 3.23. The Hall–Kier alpha value is -1.71. The molecule has 1 atom stereocenters. The van der Waals surface area contributed by atoms with Crippen LogP contribution in [0.1, 0.15) is 25.2 Å². The molecule has 9 heteroatoms. The molecule has 1 unspecified atom stereocenters. The van der Waals surface area contributed by atoms with E-state index in [1.54, 1.807) is 17.1 Å². The number of imidazole rings is 1. The Morgan fingerprint density at radius 2 is 2.29 bits per heavy atom. The van der Waals surface area contributed by atoms with E-state index in [-0.39, 0.29) is 10.9 Å². The zero-order chi connectivity index (χ0) is 15.3. The fraction of sp³-hybridized carbons (Fsp3) is 0.500. The molecule has 0 saturated heterocycles. The third kappa shape index (κ3) is 3.90. The van der Waals surface area contributed by atoms with Crippen molar-refractivity contribution in [2.45, 2.75) is 30.8 Å². The molecule has 0 radical (unpaired) electrons. The van der Waals surface area contributed by atoms with Crippen LogP contribution in [0, 0.1) is 0 Å². The first-order chi connectivity index (χ1) is 10.1. The van der Waals surface area contributed by atoms with Gasteiger partial charge < -0.3 is 10.3 Å². The molecule has 21 heavy (non-hydrogen) atoms. The summed E-state index contributed by atoms with van der Waals surface area (Å²) in [7, 11) is -1.78. The van der Waals surface area contributed by atoms with Crippen LogP contribution in [0.4, 0.5) is 0 Å². The monoisotopic (exact) mass is 312 g/mol. The molecule has 2 rings (SSSR count). The van der Waals surface area contributed by atoms with E-state index in [2.05, 4.69) is 25.1 Å². The van der Waals surface area contributed by atoms with Crippen LogP contribution in [0.5, 0.6) is 0 Å². The number of aromatic nitrogens is 4. The number of hydrogen-bond acceptors (Lipinski definition) is 5. The number of hydrogen-bond donors (Lipinski definition) is 3. The van der Waals surface area contributed by atoms with Gasteiger partial charge in [-0.3, -0.25) is 4.68 Å². The molecule has 0 saturated carbocycles. The van der Waals surface area contributed by atoms with E-state index in [0.717, 1.165) is 6.54 Å². The lowest BCUT2D eigenvalue weighted by atomic mass is 10.2. The number of H-pyrrole nitrogens is 1. The van der Waals surface area contributed by atoms with Crippen molar-refractivity contribution >= 4 is 10.0 Å². The number of nitrogens with one attached hydrogen (secondary N) is 3. The molecule has 8 nitrogen and oxygen atoms in total. The van der Waals surface area contributed by atoms with E-state index in [1.807, 2.05) is 14.0 Å². The Kier molecular flexibility index (Phi) is 5.10. The van der Waals surface area contributed by atoms with Gasteiger partial charge in [-0.2, -0.15) is 5.10 Å². The van der Waals surface area contributed by atoms with Gasteiger partial charge in [0.1, 0.15) is 10.7 Å². The van der Waals surface area contributed by atoms with Crippen molar-refractivity contribution in [3.8, 4) is 0 Å². The molecule has 0 aromatic carbocycles. The van der Waals surface area contributed by atoms with E-state index in [1.165, 1.54) is 12.4 Å². The Morgan fingerprint density at radius 3 is 2.90 bits per heavy atom. The van der Waals surface area contributed by atoms with Gasteiger partial charge in [0.15, 0.2) is 0 Å². The number of rotatable bonds is 8. The molecule has 0 spiro atoms. The van der Waals surface area contributed by atoms with Gasteiger partial charge in [-0.1, -0.05) is 6.92 Å². The highest BCUT2D eigenvalue weighted by molar-refractivity contribution is 7.89. The summed E-state index contributed by atoms with van der Waals surface area (Å²) < 4.78 is 29.0. The molecule has 2 aromatic heterocycles. The second-order valence-electron chi connectivity index (χ2n) is 4.60. The van der Waals surface area contributed by atoms with Crippen molar-refractivity contribution in [2.75, 3.05) is 13.6 Å². The molecule has 0 bridgehead atoms. The topological polar surface area (TPSA) is 105 Å². The Bertz CT molecular complexity index is 649. The van der Waals surface area contributed by atoms with Gasteiger partial charge >= 0.3 is 0 Å². The lowest BCUT2D eigenvalue weighted by Crippen LogP contribution is -2.28. The molecule has 0 amide bonds. The SMILES string of the molecule is CCC(NS(=O)(=O)c1cnn(CCNC)c1)c1ncc[nH]1. The van der Waals surface area contributed by atoms with E-state index in [4.69, 9.17) is 0 Å². The standard InChI is InChI=1S/C12H20N6O2S/c1-3-11(12-14-4-5-15-12)17-21(19,20)10-8-16-18(9-10)7-6-13-2/h4-5,8-9,11,13,17H,3,6-7H2,1-2H3,(H,14,15). The van der Waals surface area contributed by atoms with Crippen LogP contribution in [0.15, 0.2) is 29.7 Å². The molecule has 0 aliphatic heterocycles. The van der Waals surface area contributed by atoms with Crippen LogP contribution >= 0.6 is 0 Å². The predicted octanol–water partition coefficient (Wildman–Crippen LogP) is 0.255. The number of sulfonamides is 1. The van der Waals surface area contributed by atoms with Gasteiger partial charge in [-0.05, 0) is 13.5 Å². The van der Waals surface area contributed by atoms with Crippen LogP contribution < -0.4 is 10.0 Å². The summed E-state index contributed by atoms with van der Waals surface area (Å²) in [5.74, 6) is 0.601. The maximum absolute atomic E-state index is 12.4. The van der Waals surface area contributed by atoms with Crippen molar-refractivity contribution in [1.29, 1.82) is 0 Å². The molecular formula is C12H20N6O2S. The predicted molar refractivity (Wildman–Crippen MR) is 78.1 cm³/mol. The highest BCUT2D eigenvalue weighted by Crippen LogP contribution is 2.16. The van der Waals surface area contributed by atoms with Crippen molar-refractivity contribution in [3.05, 3.63) is 30.6 Å². The summed E-state index contributed by atoms with van der Waals surface area (Å²) in [6, 6.07) is -0.384. The van der Waals surface area contributed by atoms with E-state index >= 15 is 0 Å². The van der Waals surface area contributed by atoms with Crippen molar-refractivity contribution in [1.82, 2.24) is 29.8 Å². The maximum Gasteiger partial charge on any atom is 0.244 e. The second-order valence-corrected chi connectivity index (χ2v) is 6.31. The minimum atomic E-state index is -3.62.